The van der Waals surface area contributed by atoms with Crippen molar-refractivity contribution >= 4 is 35.1 Å². The first-order chi connectivity index (χ1) is 13.1. The van der Waals surface area contributed by atoms with E-state index in [9.17, 15) is 4.79 Å². The summed E-state index contributed by atoms with van der Waals surface area (Å²) in [5.74, 6) is 0.542. The van der Waals surface area contributed by atoms with Gasteiger partial charge in [-0.3, -0.25) is 14.8 Å². The maximum Gasteiger partial charge on any atom is 0.252 e. The highest BCUT2D eigenvalue weighted by Gasteiger charge is 2.04. The van der Waals surface area contributed by atoms with E-state index in [-0.39, 0.29) is 5.91 Å². The van der Waals surface area contributed by atoms with Gasteiger partial charge in [0.1, 0.15) is 0 Å². The number of nitrogens with zero attached hydrogens (tertiary/aromatic N) is 2. The lowest BCUT2D eigenvalue weighted by atomic mass is 10.1. The summed E-state index contributed by atoms with van der Waals surface area (Å²) in [4.78, 5) is 20.0. The minimum Gasteiger partial charge on any atom is -0.356 e. The molecule has 6 nitrogen and oxygen atoms in total. The van der Waals surface area contributed by atoms with E-state index >= 15 is 0 Å². The molecule has 0 bridgehead atoms. The Hall–Kier alpha value is -2.31. The van der Waals surface area contributed by atoms with E-state index in [1.165, 1.54) is 6.20 Å². The molecule has 1 heterocycles. The third-order valence-corrected chi connectivity index (χ3v) is 4.37. The van der Waals surface area contributed by atoms with Gasteiger partial charge in [0.25, 0.3) is 5.91 Å². The van der Waals surface area contributed by atoms with Crippen molar-refractivity contribution in [2.24, 2.45) is 4.99 Å². The van der Waals surface area contributed by atoms with Gasteiger partial charge in [0, 0.05) is 49.1 Å². The van der Waals surface area contributed by atoms with Crippen molar-refractivity contribution in [1.29, 1.82) is 0 Å². The molecule has 0 unspecified atom stereocenters. The van der Waals surface area contributed by atoms with Crippen molar-refractivity contribution < 1.29 is 4.79 Å². The third kappa shape index (κ3) is 7.45. The molecule has 2 rings (SSSR count). The Morgan fingerprint density at radius 3 is 2.59 bits per heavy atom. The largest absolute Gasteiger partial charge is 0.356 e. The number of benzene rings is 1. The molecule has 0 saturated carbocycles. The second-order valence-corrected chi connectivity index (χ2v) is 6.61. The second-order valence-electron chi connectivity index (χ2n) is 5.76. The number of guanidine groups is 1. The van der Waals surface area contributed by atoms with Crippen LogP contribution in [0.5, 0.6) is 0 Å². The lowest BCUT2D eigenvalue weighted by Crippen LogP contribution is -2.41. The molecule has 0 aliphatic heterocycles. The molecule has 0 radical (unpaired) electrons. The number of aromatic nitrogens is 1. The number of aryl methyl sites for hydroxylation is 1. The Morgan fingerprint density at radius 1 is 1.11 bits per heavy atom. The normalized spacial score (nSPS) is 11.1. The van der Waals surface area contributed by atoms with E-state index in [0.29, 0.717) is 34.7 Å². The fourth-order valence-corrected chi connectivity index (χ4v) is 2.89. The Kier molecular flexibility index (Phi) is 8.87. The molecule has 0 aliphatic carbocycles. The van der Waals surface area contributed by atoms with Gasteiger partial charge in [-0.05, 0) is 42.7 Å². The number of amides is 1. The molecule has 1 amide bonds. The molecular weight excluding hydrogens is 385 g/mol. The zero-order valence-electron chi connectivity index (χ0n) is 15.1. The fourth-order valence-electron chi connectivity index (χ4n) is 2.39. The minimum atomic E-state index is -0.146. The van der Waals surface area contributed by atoms with Crippen molar-refractivity contribution in [3.05, 3.63) is 63.9 Å². The molecule has 1 aromatic heterocycles. The summed E-state index contributed by atoms with van der Waals surface area (Å²) in [5, 5.41) is 10.6. The van der Waals surface area contributed by atoms with Gasteiger partial charge < -0.3 is 16.0 Å². The van der Waals surface area contributed by atoms with Gasteiger partial charge in [-0.15, -0.1) is 0 Å². The summed E-state index contributed by atoms with van der Waals surface area (Å²) in [5.41, 5.74) is 1.62. The van der Waals surface area contributed by atoms with Crippen LogP contribution < -0.4 is 16.0 Å². The summed E-state index contributed by atoms with van der Waals surface area (Å²) >= 11 is 12.1. The van der Waals surface area contributed by atoms with E-state index in [4.69, 9.17) is 23.2 Å². The average Bonchev–Trinajstić information content (AvgIpc) is 2.68. The molecule has 3 N–H and O–H groups in total. The number of pyridine rings is 1. The van der Waals surface area contributed by atoms with E-state index in [1.54, 1.807) is 31.4 Å². The number of carbonyl (C=O) groups is 1. The van der Waals surface area contributed by atoms with Crippen LogP contribution in [-0.2, 0) is 6.42 Å². The van der Waals surface area contributed by atoms with Gasteiger partial charge in [0.15, 0.2) is 5.96 Å². The van der Waals surface area contributed by atoms with Crippen LogP contribution in [0.2, 0.25) is 10.0 Å². The predicted octanol–water partition coefficient (Wildman–Crippen LogP) is 2.92. The minimum absolute atomic E-state index is 0.146. The first-order valence-electron chi connectivity index (χ1n) is 8.67. The molecule has 27 heavy (non-hydrogen) atoms. The number of aliphatic imine (C=N–C) groups is 1. The highest BCUT2D eigenvalue weighted by atomic mass is 35.5. The van der Waals surface area contributed by atoms with Gasteiger partial charge in [-0.1, -0.05) is 29.3 Å². The molecule has 1 aromatic carbocycles. The number of rotatable bonds is 8. The van der Waals surface area contributed by atoms with Gasteiger partial charge >= 0.3 is 0 Å². The van der Waals surface area contributed by atoms with Crippen molar-refractivity contribution in [3.8, 4) is 0 Å². The van der Waals surface area contributed by atoms with E-state index in [2.05, 4.69) is 25.9 Å². The average molecular weight is 408 g/mol. The van der Waals surface area contributed by atoms with Crippen LogP contribution >= 0.6 is 23.2 Å². The predicted molar refractivity (Wildman–Crippen MR) is 111 cm³/mol. The molecule has 0 saturated heterocycles. The molecular formula is C19H23Cl2N5O. The van der Waals surface area contributed by atoms with E-state index in [1.807, 2.05) is 12.1 Å². The van der Waals surface area contributed by atoms with E-state index < -0.39 is 0 Å². The monoisotopic (exact) mass is 407 g/mol. The van der Waals surface area contributed by atoms with Crippen LogP contribution in [-0.4, -0.2) is 43.5 Å². The zero-order chi connectivity index (χ0) is 19.5. The maximum atomic E-state index is 11.9. The molecule has 0 spiro atoms. The first kappa shape index (κ1) is 21.0. The van der Waals surface area contributed by atoms with Crippen LogP contribution in [0.15, 0.2) is 47.7 Å². The van der Waals surface area contributed by atoms with Crippen LogP contribution in [0.4, 0.5) is 0 Å². The molecule has 144 valence electrons. The van der Waals surface area contributed by atoms with Crippen LogP contribution in [0, 0.1) is 0 Å². The highest BCUT2D eigenvalue weighted by Crippen LogP contribution is 2.21. The Bertz CT molecular complexity index is 768. The van der Waals surface area contributed by atoms with Crippen molar-refractivity contribution in [1.82, 2.24) is 20.9 Å². The number of hydrogen-bond acceptors (Lipinski definition) is 3. The molecule has 0 aliphatic rings. The van der Waals surface area contributed by atoms with Crippen molar-refractivity contribution in [3.63, 3.8) is 0 Å². The number of hydrogen-bond donors (Lipinski definition) is 3. The quantitative estimate of drug-likeness (QED) is 0.357. The van der Waals surface area contributed by atoms with Gasteiger partial charge in [0.05, 0.1) is 5.56 Å². The summed E-state index contributed by atoms with van der Waals surface area (Å²) in [7, 11) is 1.71. The van der Waals surface area contributed by atoms with Crippen LogP contribution in [0.25, 0.3) is 0 Å². The third-order valence-electron chi connectivity index (χ3n) is 3.78. The Morgan fingerprint density at radius 2 is 1.89 bits per heavy atom. The van der Waals surface area contributed by atoms with Gasteiger partial charge in [0.2, 0.25) is 0 Å². The van der Waals surface area contributed by atoms with E-state index in [0.717, 1.165) is 24.9 Å². The topological polar surface area (TPSA) is 78.4 Å². The SMILES string of the molecule is CN=C(NCCCc1ccc(Cl)cc1Cl)NCCNC(=O)c1cccnc1. The van der Waals surface area contributed by atoms with Crippen LogP contribution in [0.3, 0.4) is 0 Å². The molecule has 2 aromatic rings. The lowest BCUT2D eigenvalue weighted by Gasteiger charge is -2.12. The van der Waals surface area contributed by atoms with Crippen molar-refractivity contribution in [2.45, 2.75) is 12.8 Å². The fraction of sp³-hybridized carbons (Fsp3) is 0.316. The molecule has 8 heteroatoms. The van der Waals surface area contributed by atoms with Crippen molar-refractivity contribution in [2.75, 3.05) is 26.7 Å². The Labute approximate surface area is 169 Å². The van der Waals surface area contributed by atoms with Gasteiger partial charge in [-0.25, -0.2) is 0 Å². The summed E-state index contributed by atoms with van der Waals surface area (Å²) < 4.78 is 0. The standard InChI is InChI=1S/C19H23Cl2N5O/c1-22-19(25-9-3-4-14-6-7-16(20)12-17(14)21)26-11-10-24-18(27)15-5-2-8-23-13-15/h2,5-8,12-13H,3-4,9-11H2,1H3,(H,24,27)(H2,22,25,26). The summed E-state index contributed by atoms with van der Waals surface area (Å²) in [6, 6.07) is 9.00. The number of halogens is 2. The first-order valence-corrected chi connectivity index (χ1v) is 9.42. The lowest BCUT2D eigenvalue weighted by molar-refractivity contribution is 0.0954. The maximum absolute atomic E-state index is 11.9. The highest BCUT2D eigenvalue weighted by molar-refractivity contribution is 6.35. The summed E-state index contributed by atoms with van der Waals surface area (Å²) in [6.07, 6.45) is 4.92. The molecule has 0 atom stereocenters. The van der Waals surface area contributed by atoms with Crippen LogP contribution in [0.1, 0.15) is 22.3 Å². The zero-order valence-corrected chi connectivity index (χ0v) is 16.6. The summed E-state index contributed by atoms with van der Waals surface area (Å²) in [6.45, 7) is 1.80. The Balaban J connectivity index is 1.62. The smallest absolute Gasteiger partial charge is 0.252 e. The van der Waals surface area contributed by atoms with Gasteiger partial charge in [-0.2, -0.15) is 0 Å². The number of nitrogens with one attached hydrogen (secondary N) is 3. The number of carbonyl (C=O) groups excluding carboxylic acids is 1. The second kappa shape index (κ2) is 11.4. The molecule has 0 fully saturated rings.